The fourth-order valence-corrected chi connectivity index (χ4v) is 4.96. The monoisotopic (exact) mass is 508 g/mol. The van der Waals surface area contributed by atoms with Gasteiger partial charge in [-0.2, -0.15) is 5.10 Å². The van der Waals surface area contributed by atoms with Crippen molar-refractivity contribution in [2.75, 3.05) is 6.26 Å². The Kier molecular flexibility index (Phi) is 7.20. The molecule has 182 valence electrons. The van der Waals surface area contributed by atoms with Crippen LogP contribution in [0.2, 0.25) is 0 Å². The van der Waals surface area contributed by atoms with E-state index in [0.717, 1.165) is 44.5 Å². The minimum Gasteiger partial charge on any atom is -0.346 e. The predicted molar refractivity (Wildman–Crippen MR) is 141 cm³/mol. The van der Waals surface area contributed by atoms with Crippen LogP contribution in [0.1, 0.15) is 40.0 Å². The van der Waals surface area contributed by atoms with Crippen molar-refractivity contribution in [2.24, 2.45) is 7.05 Å². The molecule has 2 N–H and O–H groups in total. The number of hydrogen-bond acceptors (Lipinski definition) is 5. The highest BCUT2D eigenvalue weighted by Gasteiger charge is 2.17. The molecule has 0 fully saturated rings. The minimum absolute atomic E-state index is 0.131. The standard InChI is InChI=1S/C26H28N4O3S2/c1-17-7-8-19(14-28-35(4,32)33)10-24(17)26(31)29-18(2)20-11-21(23-15-27-30(3)16-23)13-22(12-20)25-6-5-9-34-25/h5-13,15-16,18,28H,14H2,1-4H3,(H,29,31)/t18-/m1/s1. The van der Waals surface area contributed by atoms with E-state index in [1.54, 1.807) is 22.1 Å². The number of aryl methyl sites for hydroxylation is 2. The fraction of sp³-hybridized carbons (Fsp3) is 0.231. The lowest BCUT2D eigenvalue weighted by molar-refractivity contribution is 0.0939. The van der Waals surface area contributed by atoms with Crippen LogP contribution in [0.4, 0.5) is 0 Å². The summed E-state index contributed by atoms with van der Waals surface area (Å²) in [5.41, 5.74) is 6.17. The number of benzene rings is 2. The molecule has 0 spiro atoms. The molecule has 2 heterocycles. The van der Waals surface area contributed by atoms with Crippen LogP contribution in [-0.4, -0.2) is 30.4 Å². The molecule has 4 rings (SSSR count). The first kappa shape index (κ1) is 24.8. The molecule has 0 saturated carbocycles. The Labute approximate surface area is 209 Å². The van der Waals surface area contributed by atoms with Crippen LogP contribution in [0.25, 0.3) is 21.6 Å². The van der Waals surface area contributed by atoms with Crippen molar-refractivity contribution in [1.29, 1.82) is 0 Å². The average molecular weight is 509 g/mol. The molecule has 0 saturated heterocycles. The number of carbonyl (C=O) groups is 1. The van der Waals surface area contributed by atoms with Gasteiger partial charge in [-0.25, -0.2) is 13.1 Å². The maximum Gasteiger partial charge on any atom is 0.252 e. The van der Waals surface area contributed by atoms with Gasteiger partial charge in [0.1, 0.15) is 0 Å². The van der Waals surface area contributed by atoms with E-state index >= 15 is 0 Å². The summed E-state index contributed by atoms with van der Waals surface area (Å²) in [7, 11) is -1.44. The van der Waals surface area contributed by atoms with Crippen LogP contribution in [0.15, 0.2) is 66.3 Å². The first-order chi connectivity index (χ1) is 16.6. The Morgan fingerprint density at radius 1 is 1.11 bits per heavy atom. The summed E-state index contributed by atoms with van der Waals surface area (Å²) in [4.78, 5) is 14.4. The second kappa shape index (κ2) is 10.2. The molecule has 0 aliphatic carbocycles. The van der Waals surface area contributed by atoms with Gasteiger partial charge in [0, 0.05) is 35.8 Å². The molecule has 4 aromatic rings. The number of carbonyl (C=O) groups excluding carboxylic acids is 1. The van der Waals surface area contributed by atoms with Crippen LogP contribution in [0.3, 0.4) is 0 Å². The van der Waals surface area contributed by atoms with Gasteiger partial charge in [0.15, 0.2) is 0 Å². The molecule has 35 heavy (non-hydrogen) atoms. The van der Waals surface area contributed by atoms with Gasteiger partial charge in [-0.1, -0.05) is 18.2 Å². The number of thiophene rings is 1. The number of rotatable bonds is 8. The first-order valence-electron chi connectivity index (χ1n) is 11.1. The highest BCUT2D eigenvalue weighted by Crippen LogP contribution is 2.32. The number of nitrogens with zero attached hydrogens (tertiary/aromatic N) is 2. The molecule has 0 aliphatic heterocycles. The maximum atomic E-state index is 13.2. The molecule has 0 bridgehead atoms. The quantitative estimate of drug-likeness (QED) is 0.362. The lowest BCUT2D eigenvalue weighted by atomic mass is 9.97. The molecular weight excluding hydrogens is 480 g/mol. The largest absolute Gasteiger partial charge is 0.346 e. The van der Waals surface area contributed by atoms with E-state index in [1.165, 1.54) is 0 Å². The number of nitrogens with one attached hydrogen (secondary N) is 2. The Morgan fingerprint density at radius 2 is 1.89 bits per heavy atom. The molecule has 2 aromatic heterocycles. The third-order valence-corrected chi connectivity index (χ3v) is 7.32. The highest BCUT2D eigenvalue weighted by molar-refractivity contribution is 7.88. The molecule has 7 nitrogen and oxygen atoms in total. The Balaban J connectivity index is 1.61. The summed E-state index contributed by atoms with van der Waals surface area (Å²) < 4.78 is 27.1. The lowest BCUT2D eigenvalue weighted by Crippen LogP contribution is -2.28. The van der Waals surface area contributed by atoms with E-state index in [9.17, 15) is 13.2 Å². The molecule has 0 aliphatic rings. The van der Waals surface area contributed by atoms with Gasteiger partial charge in [-0.05, 0) is 77.4 Å². The van der Waals surface area contributed by atoms with E-state index < -0.39 is 10.0 Å². The summed E-state index contributed by atoms with van der Waals surface area (Å²) in [5, 5.41) is 9.46. The SMILES string of the molecule is Cc1ccc(CNS(C)(=O)=O)cc1C(=O)N[C@H](C)c1cc(-c2cnn(C)c2)cc(-c2cccs2)c1. The molecular formula is C26H28N4O3S2. The Morgan fingerprint density at radius 3 is 2.54 bits per heavy atom. The number of hydrogen-bond donors (Lipinski definition) is 2. The van der Waals surface area contributed by atoms with E-state index in [4.69, 9.17) is 0 Å². The van der Waals surface area contributed by atoms with Gasteiger partial charge in [-0.15, -0.1) is 11.3 Å². The van der Waals surface area contributed by atoms with Gasteiger partial charge in [0.2, 0.25) is 10.0 Å². The molecule has 9 heteroatoms. The van der Waals surface area contributed by atoms with Gasteiger partial charge in [0.25, 0.3) is 5.91 Å². The molecule has 2 aromatic carbocycles. The van der Waals surface area contributed by atoms with Crippen LogP contribution in [-0.2, 0) is 23.6 Å². The molecule has 0 unspecified atom stereocenters. The van der Waals surface area contributed by atoms with E-state index in [1.807, 2.05) is 56.9 Å². The normalized spacial score (nSPS) is 12.5. The van der Waals surface area contributed by atoms with Gasteiger partial charge in [0.05, 0.1) is 18.5 Å². The molecule has 0 radical (unpaired) electrons. The summed E-state index contributed by atoms with van der Waals surface area (Å²) in [6.45, 7) is 3.96. The van der Waals surface area contributed by atoms with Crippen molar-refractivity contribution >= 4 is 27.3 Å². The summed E-state index contributed by atoms with van der Waals surface area (Å²) in [6.07, 6.45) is 4.92. The second-order valence-corrected chi connectivity index (χ2v) is 11.4. The van der Waals surface area contributed by atoms with E-state index in [0.29, 0.717) is 5.56 Å². The number of sulfonamides is 1. The van der Waals surface area contributed by atoms with Crippen LogP contribution < -0.4 is 10.0 Å². The van der Waals surface area contributed by atoms with Crippen molar-refractivity contribution < 1.29 is 13.2 Å². The Hall–Kier alpha value is -3.27. The first-order valence-corrected chi connectivity index (χ1v) is 13.9. The van der Waals surface area contributed by atoms with Crippen molar-refractivity contribution in [2.45, 2.75) is 26.4 Å². The van der Waals surface area contributed by atoms with Gasteiger partial charge < -0.3 is 5.32 Å². The topological polar surface area (TPSA) is 93.1 Å². The van der Waals surface area contributed by atoms with Crippen molar-refractivity contribution in [3.8, 4) is 21.6 Å². The summed E-state index contributed by atoms with van der Waals surface area (Å²) in [6, 6.07) is 15.6. The van der Waals surface area contributed by atoms with E-state index in [2.05, 4.69) is 39.4 Å². The zero-order valence-corrected chi connectivity index (χ0v) is 21.7. The van der Waals surface area contributed by atoms with Crippen molar-refractivity contribution in [1.82, 2.24) is 19.8 Å². The lowest BCUT2D eigenvalue weighted by Gasteiger charge is -2.18. The van der Waals surface area contributed by atoms with Gasteiger partial charge >= 0.3 is 0 Å². The van der Waals surface area contributed by atoms with Crippen molar-refractivity contribution in [3.05, 3.63) is 88.6 Å². The number of amides is 1. The van der Waals surface area contributed by atoms with Crippen molar-refractivity contribution in [3.63, 3.8) is 0 Å². The maximum absolute atomic E-state index is 13.2. The summed E-state index contributed by atoms with van der Waals surface area (Å²) in [5.74, 6) is -0.208. The van der Waals surface area contributed by atoms with Gasteiger partial charge in [-0.3, -0.25) is 9.48 Å². The highest BCUT2D eigenvalue weighted by atomic mass is 32.2. The van der Waals surface area contributed by atoms with Crippen LogP contribution >= 0.6 is 11.3 Å². The van der Waals surface area contributed by atoms with E-state index in [-0.39, 0.29) is 18.5 Å². The smallest absolute Gasteiger partial charge is 0.252 e. The van der Waals surface area contributed by atoms with Crippen LogP contribution in [0, 0.1) is 6.92 Å². The molecule has 1 amide bonds. The summed E-state index contributed by atoms with van der Waals surface area (Å²) >= 11 is 1.67. The van der Waals surface area contributed by atoms with Crippen LogP contribution in [0.5, 0.6) is 0 Å². The zero-order valence-electron chi connectivity index (χ0n) is 20.1. The average Bonchev–Trinajstić information content (AvgIpc) is 3.50. The second-order valence-electron chi connectivity index (χ2n) is 8.66. The third-order valence-electron chi connectivity index (χ3n) is 5.73. The predicted octanol–water partition coefficient (Wildman–Crippen LogP) is 4.66. The fourth-order valence-electron chi connectivity index (χ4n) is 3.82. The third kappa shape index (κ3) is 6.25. The molecule has 1 atom stereocenters. The zero-order chi connectivity index (χ0) is 25.2. The number of aromatic nitrogens is 2. The Bertz CT molecular complexity index is 1460. The minimum atomic E-state index is -3.32.